The lowest BCUT2D eigenvalue weighted by atomic mass is 10.4. The second kappa shape index (κ2) is 4.30. The van der Waals surface area contributed by atoms with E-state index in [4.69, 9.17) is 0 Å². The molecule has 0 heterocycles. The Bertz CT molecular complexity index is 88.3. The van der Waals surface area contributed by atoms with Crippen LogP contribution in [0.5, 0.6) is 0 Å². The van der Waals surface area contributed by atoms with E-state index in [9.17, 15) is 0 Å². The van der Waals surface area contributed by atoms with Crippen molar-refractivity contribution in [3.8, 4) is 0 Å². The molecule has 0 aliphatic heterocycles. The third kappa shape index (κ3) is 3.94. The molecule has 54 valence electrons. The number of hydrogen-bond donors (Lipinski definition) is 0. The second-order valence-corrected chi connectivity index (χ2v) is 2.21. The summed E-state index contributed by atoms with van der Waals surface area (Å²) in [6.07, 6.45) is 0. The van der Waals surface area contributed by atoms with E-state index >= 15 is 0 Å². The largest absolute Gasteiger partial charge is 0.279 e. The Labute approximate surface area is 56.7 Å². The third-order valence-electron chi connectivity index (χ3n) is 1.09. The van der Waals surface area contributed by atoms with Gasteiger partial charge in [0.1, 0.15) is 0 Å². The standard InChI is InChI=1S/C6H15N3/c1-5-7-8-9(4)6(2)3/h6H,5H2,1-4H3. The fourth-order valence-corrected chi connectivity index (χ4v) is 0.266. The molecule has 3 heteroatoms. The predicted molar refractivity (Wildman–Crippen MR) is 38.3 cm³/mol. The minimum atomic E-state index is 0.445. The van der Waals surface area contributed by atoms with Gasteiger partial charge in [-0.05, 0) is 20.8 Å². The van der Waals surface area contributed by atoms with Crippen LogP contribution in [0.15, 0.2) is 10.3 Å². The average Bonchev–Trinajstić information content (AvgIpc) is 1.82. The molecule has 0 radical (unpaired) electrons. The summed E-state index contributed by atoms with van der Waals surface area (Å²) < 4.78 is 0. The van der Waals surface area contributed by atoms with Gasteiger partial charge in [0.2, 0.25) is 0 Å². The van der Waals surface area contributed by atoms with Gasteiger partial charge in [-0.1, -0.05) is 5.22 Å². The number of rotatable bonds is 3. The summed E-state index contributed by atoms with van der Waals surface area (Å²) in [7, 11) is 1.92. The highest BCUT2D eigenvalue weighted by Crippen LogP contribution is 1.93. The van der Waals surface area contributed by atoms with Crippen molar-refractivity contribution < 1.29 is 0 Å². The summed E-state index contributed by atoms with van der Waals surface area (Å²) in [6.45, 7) is 6.89. The molecule has 3 nitrogen and oxygen atoms in total. The molecule has 0 rings (SSSR count). The lowest BCUT2D eigenvalue weighted by Gasteiger charge is -2.14. The Morgan fingerprint density at radius 2 is 2.00 bits per heavy atom. The van der Waals surface area contributed by atoms with Crippen molar-refractivity contribution >= 4 is 0 Å². The molecule has 0 aromatic rings. The molecule has 0 spiro atoms. The highest BCUT2D eigenvalue weighted by molar-refractivity contribution is 4.46. The summed E-state index contributed by atoms with van der Waals surface area (Å²) in [5.74, 6) is 0. The van der Waals surface area contributed by atoms with E-state index in [2.05, 4.69) is 24.2 Å². The second-order valence-electron chi connectivity index (χ2n) is 2.21. The van der Waals surface area contributed by atoms with Gasteiger partial charge in [-0.3, -0.25) is 5.01 Å². The first-order valence-electron chi connectivity index (χ1n) is 3.28. The maximum absolute atomic E-state index is 3.90. The summed E-state index contributed by atoms with van der Waals surface area (Å²) in [4.78, 5) is 0. The van der Waals surface area contributed by atoms with Crippen LogP contribution in [-0.2, 0) is 0 Å². The first-order chi connectivity index (χ1) is 4.18. The molecule has 0 aromatic carbocycles. The Hall–Kier alpha value is -0.600. The summed E-state index contributed by atoms with van der Waals surface area (Å²) in [6, 6.07) is 0.445. The minimum absolute atomic E-state index is 0.445. The Kier molecular flexibility index (Phi) is 4.01. The van der Waals surface area contributed by atoms with Gasteiger partial charge >= 0.3 is 0 Å². The normalized spacial score (nSPS) is 11.2. The first kappa shape index (κ1) is 8.40. The molecular weight excluding hydrogens is 114 g/mol. The van der Waals surface area contributed by atoms with Gasteiger partial charge in [-0.25, -0.2) is 0 Å². The smallest absolute Gasteiger partial charge is 0.0592 e. The van der Waals surface area contributed by atoms with E-state index < -0.39 is 0 Å². The Morgan fingerprint density at radius 3 is 2.33 bits per heavy atom. The monoisotopic (exact) mass is 129 g/mol. The Morgan fingerprint density at radius 1 is 1.44 bits per heavy atom. The van der Waals surface area contributed by atoms with Crippen molar-refractivity contribution in [1.29, 1.82) is 0 Å². The molecule has 0 atom stereocenters. The third-order valence-corrected chi connectivity index (χ3v) is 1.09. The van der Waals surface area contributed by atoms with Crippen molar-refractivity contribution in [2.75, 3.05) is 13.6 Å². The van der Waals surface area contributed by atoms with Gasteiger partial charge in [-0.15, -0.1) is 0 Å². The van der Waals surface area contributed by atoms with Crippen LogP contribution in [0.2, 0.25) is 0 Å². The van der Waals surface area contributed by atoms with Crippen LogP contribution in [0.25, 0.3) is 0 Å². The van der Waals surface area contributed by atoms with Crippen LogP contribution in [0, 0.1) is 0 Å². The van der Waals surface area contributed by atoms with E-state index in [0.29, 0.717) is 6.04 Å². The average molecular weight is 129 g/mol. The van der Waals surface area contributed by atoms with Crippen molar-refractivity contribution in [2.45, 2.75) is 26.8 Å². The number of nitrogens with zero attached hydrogens (tertiary/aromatic N) is 3. The molecule has 0 aromatic heterocycles. The zero-order chi connectivity index (χ0) is 7.28. The van der Waals surface area contributed by atoms with E-state index in [1.54, 1.807) is 0 Å². The summed E-state index contributed by atoms with van der Waals surface area (Å²) >= 11 is 0. The molecule has 0 N–H and O–H groups in total. The van der Waals surface area contributed by atoms with Crippen LogP contribution >= 0.6 is 0 Å². The maximum Gasteiger partial charge on any atom is 0.0592 e. The van der Waals surface area contributed by atoms with Gasteiger partial charge in [0.15, 0.2) is 0 Å². The minimum Gasteiger partial charge on any atom is -0.279 e. The van der Waals surface area contributed by atoms with Crippen LogP contribution in [0.1, 0.15) is 20.8 Å². The molecule has 9 heavy (non-hydrogen) atoms. The van der Waals surface area contributed by atoms with Gasteiger partial charge < -0.3 is 0 Å². The van der Waals surface area contributed by atoms with Crippen LogP contribution < -0.4 is 0 Å². The van der Waals surface area contributed by atoms with Crippen LogP contribution in [0.3, 0.4) is 0 Å². The SMILES string of the molecule is CCN=NN(C)C(C)C. The zero-order valence-electron chi connectivity index (χ0n) is 6.63. The van der Waals surface area contributed by atoms with E-state index in [1.165, 1.54) is 0 Å². The zero-order valence-corrected chi connectivity index (χ0v) is 6.63. The topological polar surface area (TPSA) is 28.0 Å². The lowest BCUT2D eigenvalue weighted by molar-refractivity contribution is 0.266. The molecule has 0 fully saturated rings. The molecule has 0 saturated carbocycles. The quantitative estimate of drug-likeness (QED) is 0.421. The van der Waals surface area contributed by atoms with Crippen LogP contribution in [-0.4, -0.2) is 24.6 Å². The summed E-state index contributed by atoms with van der Waals surface area (Å²) in [5.41, 5.74) is 0. The molecular formula is C6H15N3. The molecule has 0 aliphatic rings. The maximum atomic E-state index is 3.90. The lowest BCUT2D eigenvalue weighted by Crippen LogP contribution is -2.19. The highest BCUT2D eigenvalue weighted by Gasteiger charge is 1.95. The molecule has 0 saturated heterocycles. The van der Waals surface area contributed by atoms with Crippen molar-refractivity contribution in [2.24, 2.45) is 10.3 Å². The highest BCUT2D eigenvalue weighted by atomic mass is 15.5. The van der Waals surface area contributed by atoms with Crippen molar-refractivity contribution in [3.63, 3.8) is 0 Å². The van der Waals surface area contributed by atoms with Crippen molar-refractivity contribution in [1.82, 2.24) is 5.01 Å². The van der Waals surface area contributed by atoms with Gasteiger partial charge in [0.25, 0.3) is 0 Å². The van der Waals surface area contributed by atoms with Gasteiger partial charge in [0, 0.05) is 13.1 Å². The van der Waals surface area contributed by atoms with Gasteiger partial charge in [0.05, 0.1) is 6.54 Å². The van der Waals surface area contributed by atoms with Gasteiger partial charge in [-0.2, -0.15) is 5.11 Å². The molecule has 0 bridgehead atoms. The van der Waals surface area contributed by atoms with E-state index in [-0.39, 0.29) is 0 Å². The molecule has 0 amide bonds. The summed E-state index contributed by atoms with van der Waals surface area (Å²) in [5, 5.41) is 9.58. The first-order valence-corrected chi connectivity index (χ1v) is 3.28. The Balaban J connectivity index is 3.48. The molecule has 0 unspecified atom stereocenters. The predicted octanol–water partition coefficient (Wildman–Crippen LogP) is 1.71. The fourth-order valence-electron chi connectivity index (χ4n) is 0.266. The van der Waals surface area contributed by atoms with E-state index in [1.807, 2.05) is 19.0 Å². The molecule has 0 aliphatic carbocycles. The van der Waals surface area contributed by atoms with Crippen LogP contribution in [0.4, 0.5) is 0 Å². The fraction of sp³-hybridized carbons (Fsp3) is 1.00. The van der Waals surface area contributed by atoms with E-state index in [0.717, 1.165) is 6.54 Å². The van der Waals surface area contributed by atoms with Crippen molar-refractivity contribution in [3.05, 3.63) is 0 Å². The number of hydrogen-bond acceptors (Lipinski definition) is 2.